The number of esters is 1. The van der Waals surface area contributed by atoms with Gasteiger partial charge in [0.1, 0.15) is 5.75 Å². The van der Waals surface area contributed by atoms with Gasteiger partial charge in [0.2, 0.25) is 0 Å². The van der Waals surface area contributed by atoms with Crippen LogP contribution in [-0.4, -0.2) is 30.1 Å². The van der Waals surface area contributed by atoms with Crippen molar-refractivity contribution in [2.75, 3.05) is 12.4 Å². The molecule has 0 spiro atoms. The number of carbonyl (C=O) groups is 2. The molecule has 1 unspecified atom stereocenters. The van der Waals surface area contributed by atoms with Crippen molar-refractivity contribution in [3.63, 3.8) is 0 Å². The van der Waals surface area contributed by atoms with E-state index < -0.39 is 18.0 Å². The van der Waals surface area contributed by atoms with Crippen LogP contribution in [0.4, 0.5) is 5.69 Å². The van der Waals surface area contributed by atoms with E-state index in [9.17, 15) is 9.59 Å². The van der Waals surface area contributed by atoms with Gasteiger partial charge in [0.25, 0.3) is 5.91 Å². The van der Waals surface area contributed by atoms with Gasteiger partial charge >= 0.3 is 5.97 Å². The zero-order valence-corrected chi connectivity index (χ0v) is 13.3. The number of methoxy groups -OCH3 is 1. The number of nitrogens with one attached hydrogen (secondary N) is 1. The molecule has 0 aliphatic carbocycles. The number of rotatable bonds is 5. The summed E-state index contributed by atoms with van der Waals surface area (Å²) in [6.07, 6.45) is 1.95. The fourth-order valence-corrected chi connectivity index (χ4v) is 1.95. The van der Waals surface area contributed by atoms with E-state index in [0.717, 1.165) is 0 Å². The lowest BCUT2D eigenvalue weighted by atomic mass is 10.2. The third kappa shape index (κ3) is 4.43. The molecule has 1 amide bonds. The van der Waals surface area contributed by atoms with Crippen LogP contribution in [0.2, 0.25) is 5.02 Å². The Bertz CT molecular complexity index is 706. The van der Waals surface area contributed by atoms with Gasteiger partial charge in [0, 0.05) is 17.4 Å². The number of amides is 1. The molecule has 7 heteroatoms. The van der Waals surface area contributed by atoms with Crippen molar-refractivity contribution < 1.29 is 19.1 Å². The minimum atomic E-state index is -0.987. The smallest absolute Gasteiger partial charge is 0.339 e. The number of pyridine rings is 1. The second-order valence-electron chi connectivity index (χ2n) is 4.62. The quantitative estimate of drug-likeness (QED) is 0.851. The summed E-state index contributed by atoms with van der Waals surface area (Å²) in [5, 5.41) is 3.07. The maximum Gasteiger partial charge on any atom is 0.339 e. The number of hydrogen-bond donors (Lipinski definition) is 1. The van der Waals surface area contributed by atoms with Gasteiger partial charge in [-0.25, -0.2) is 4.79 Å². The molecule has 0 aliphatic rings. The highest BCUT2D eigenvalue weighted by molar-refractivity contribution is 6.31. The van der Waals surface area contributed by atoms with Crippen molar-refractivity contribution in [3.05, 3.63) is 53.3 Å². The first-order valence-electron chi connectivity index (χ1n) is 6.76. The predicted molar refractivity (Wildman–Crippen MR) is 85.7 cm³/mol. The second-order valence-corrected chi connectivity index (χ2v) is 5.05. The second kappa shape index (κ2) is 7.60. The molecular weight excluding hydrogens is 320 g/mol. The average Bonchev–Trinajstić information content (AvgIpc) is 2.55. The van der Waals surface area contributed by atoms with Crippen LogP contribution in [-0.2, 0) is 9.53 Å². The maximum absolute atomic E-state index is 12.2. The Kier molecular flexibility index (Phi) is 5.54. The summed E-state index contributed by atoms with van der Waals surface area (Å²) in [5.74, 6) is -0.642. The number of benzene rings is 1. The number of halogens is 1. The Morgan fingerprint density at radius 3 is 2.57 bits per heavy atom. The van der Waals surface area contributed by atoms with E-state index in [4.69, 9.17) is 21.1 Å². The first-order valence-corrected chi connectivity index (χ1v) is 7.14. The monoisotopic (exact) mass is 334 g/mol. The fraction of sp³-hybridized carbons (Fsp3) is 0.188. The van der Waals surface area contributed by atoms with Crippen molar-refractivity contribution >= 4 is 29.2 Å². The van der Waals surface area contributed by atoms with Gasteiger partial charge < -0.3 is 14.8 Å². The molecule has 1 N–H and O–H groups in total. The topological polar surface area (TPSA) is 77.5 Å². The molecular formula is C16H15ClN2O4. The van der Waals surface area contributed by atoms with Crippen LogP contribution >= 0.6 is 11.6 Å². The summed E-state index contributed by atoms with van der Waals surface area (Å²) in [6.45, 7) is 1.48. The molecule has 1 aromatic carbocycles. The van der Waals surface area contributed by atoms with Crippen LogP contribution in [0.1, 0.15) is 17.3 Å². The number of hydrogen-bond acceptors (Lipinski definition) is 5. The predicted octanol–water partition coefficient (Wildman–Crippen LogP) is 2.93. The van der Waals surface area contributed by atoms with Gasteiger partial charge in [-0.3, -0.25) is 9.78 Å². The largest absolute Gasteiger partial charge is 0.495 e. The molecule has 2 aromatic rings. The van der Waals surface area contributed by atoms with Crippen LogP contribution in [0.3, 0.4) is 0 Å². The molecule has 6 nitrogen and oxygen atoms in total. The Morgan fingerprint density at radius 2 is 1.91 bits per heavy atom. The molecule has 1 atom stereocenters. The molecule has 0 saturated heterocycles. The minimum Gasteiger partial charge on any atom is -0.495 e. The molecule has 0 aliphatic heterocycles. The number of carbonyl (C=O) groups excluding carboxylic acids is 2. The van der Waals surface area contributed by atoms with Crippen LogP contribution in [0.25, 0.3) is 0 Å². The normalized spacial score (nSPS) is 11.4. The summed E-state index contributed by atoms with van der Waals surface area (Å²) in [5.41, 5.74) is 0.719. The van der Waals surface area contributed by atoms with Gasteiger partial charge in [-0.2, -0.15) is 0 Å². The van der Waals surface area contributed by atoms with Gasteiger partial charge in [-0.05, 0) is 37.3 Å². The van der Waals surface area contributed by atoms with Crippen molar-refractivity contribution in [3.8, 4) is 5.75 Å². The number of aromatic nitrogens is 1. The van der Waals surface area contributed by atoms with Crippen LogP contribution in [0.15, 0.2) is 42.7 Å². The summed E-state index contributed by atoms with van der Waals surface area (Å²) in [7, 11) is 1.48. The summed E-state index contributed by atoms with van der Waals surface area (Å²) >= 11 is 5.90. The first-order chi connectivity index (χ1) is 11.0. The lowest BCUT2D eigenvalue weighted by Crippen LogP contribution is -2.30. The molecule has 120 valence electrons. The standard InChI is InChI=1S/C16H15ClN2O4/c1-10(23-16(21)11-5-7-18-8-6-11)15(20)19-13-9-12(17)3-4-14(13)22-2/h3-10H,1-2H3,(H,19,20). The van der Waals surface area contributed by atoms with E-state index in [0.29, 0.717) is 22.0 Å². The molecule has 0 saturated carbocycles. The average molecular weight is 335 g/mol. The molecule has 0 fully saturated rings. The zero-order chi connectivity index (χ0) is 16.8. The highest BCUT2D eigenvalue weighted by atomic mass is 35.5. The Balaban J connectivity index is 2.03. The zero-order valence-electron chi connectivity index (χ0n) is 12.6. The third-order valence-electron chi connectivity index (χ3n) is 2.99. The minimum absolute atomic E-state index is 0.319. The molecule has 1 heterocycles. The molecule has 0 radical (unpaired) electrons. The SMILES string of the molecule is COc1ccc(Cl)cc1NC(=O)C(C)OC(=O)c1ccncc1. The maximum atomic E-state index is 12.2. The van der Waals surface area contributed by atoms with E-state index in [1.54, 1.807) is 18.2 Å². The molecule has 2 rings (SSSR count). The Morgan fingerprint density at radius 1 is 1.22 bits per heavy atom. The van der Waals surface area contributed by atoms with Gasteiger partial charge in [0.05, 0.1) is 18.4 Å². The fourth-order valence-electron chi connectivity index (χ4n) is 1.78. The van der Waals surface area contributed by atoms with E-state index in [-0.39, 0.29) is 0 Å². The van der Waals surface area contributed by atoms with Crippen molar-refractivity contribution in [1.29, 1.82) is 0 Å². The lowest BCUT2D eigenvalue weighted by Gasteiger charge is -2.15. The van der Waals surface area contributed by atoms with Gasteiger partial charge in [-0.1, -0.05) is 11.6 Å². The summed E-state index contributed by atoms with van der Waals surface area (Å²) in [4.78, 5) is 27.9. The third-order valence-corrected chi connectivity index (χ3v) is 3.22. The molecule has 23 heavy (non-hydrogen) atoms. The van der Waals surface area contributed by atoms with Gasteiger partial charge in [0.15, 0.2) is 6.10 Å². The van der Waals surface area contributed by atoms with Crippen molar-refractivity contribution in [1.82, 2.24) is 4.98 Å². The Hall–Kier alpha value is -2.60. The van der Waals surface area contributed by atoms with E-state index in [1.165, 1.54) is 38.6 Å². The van der Waals surface area contributed by atoms with Crippen LogP contribution < -0.4 is 10.1 Å². The number of nitrogens with zero attached hydrogens (tertiary/aromatic N) is 1. The lowest BCUT2D eigenvalue weighted by molar-refractivity contribution is -0.123. The highest BCUT2D eigenvalue weighted by Gasteiger charge is 2.20. The molecule has 0 bridgehead atoms. The van der Waals surface area contributed by atoms with Crippen LogP contribution in [0, 0.1) is 0 Å². The number of anilines is 1. The van der Waals surface area contributed by atoms with E-state index >= 15 is 0 Å². The van der Waals surface area contributed by atoms with E-state index in [2.05, 4.69) is 10.3 Å². The Labute approximate surface area is 138 Å². The first kappa shape index (κ1) is 16.8. The van der Waals surface area contributed by atoms with Gasteiger partial charge in [-0.15, -0.1) is 0 Å². The number of ether oxygens (including phenoxy) is 2. The summed E-state index contributed by atoms with van der Waals surface area (Å²) < 4.78 is 10.3. The van der Waals surface area contributed by atoms with Crippen LogP contribution in [0.5, 0.6) is 5.75 Å². The molecule has 1 aromatic heterocycles. The van der Waals surface area contributed by atoms with Crippen molar-refractivity contribution in [2.24, 2.45) is 0 Å². The summed E-state index contributed by atoms with van der Waals surface area (Å²) in [6, 6.07) is 7.84. The van der Waals surface area contributed by atoms with E-state index in [1.807, 2.05) is 0 Å². The highest BCUT2D eigenvalue weighted by Crippen LogP contribution is 2.27. The van der Waals surface area contributed by atoms with Crippen molar-refractivity contribution in [2.45, 2.75) is 13.0 Å².